The van der Waals surface area contributed by atoms with Crippen molar-refractivity contribution >= 4 is 16.8 Å². The van der Waals surface area contributed by atoms with Crippen LogP contribution in [0, 0.1) is 0 Å². The topological polar surface area (TPSA) is 46.5 Å². The third-order valence-corrected chi connectivity index (χ3v) is 3.31. The Kier molecular flexibility index (Phi) is 6.87. The molecular weight excluding hydrogens is 324 g/mol. The zero-order valence-corrected chi connectivity index (χ0v) is 13.7. The van der Waals surface area contributed by atoms with Crippen molar-refractivity contribution in [2.75, 3.05) is 0 Å². The molecule has 0 radical (unpaired) electrons. The molecule has 0 saturated carbocycles. The van der Waals surface area contributed by atoms with Gasteiger partial charge in [-0.2, -0.15) is 0 Å². The van der Waals surface area contributed by atoms with Gasteiger partial charge >= 0.3 is 0 Å². The van der Waals surface area contributed by atoms with Crippen LogP contribution in [0.1, 0.15) is 15.9 Å². The first-order valence-electron chi connectivity index (χ1n) is 7.36. The van der Waals surface area contributed by atoms with Crippen LogP contribution in [-0.4, -0.2) is 10.3 Å². The number of benzene rings is 3. The number of carbonyl (C=O) groups is 1. The number of aromatic hydroxyl groups is 1. The van der Waals surface area contributed by atoms with Gasteiger partial charge in [0.25, 0.3) is 5.24 Å². The lowest BCUT2D eigenvalue weighted by Crippen LogP contribution is -1.96. The molecule has 0 spiro atoms. The minimum Gasteiger partial charge on any atom is -0.508 e. The van der Waals surface area contributed by atoms with E-state index < -0.39 is 5.24 Å². The van der Waals surface area contributed by atoms with E-state index in [0.29, 0.717) is 17.9 Å². The molecular formula is C20H17ClO3. The van der Waals surface area contributed by atoms with Gasteiger partial charge < -0.3 is 9.84 Å². The number of halogens is 1. The van der Waals surface area contributed by atoms with Crippen molar-refractivity contribution in [3.05, 3.63) is 96.1 Å². The van der Waals surface area contributed by atoms with E-state index in [0.717, 1.165) is 5.56 Å². The van der Waals surface area contributed by atoms with Crippen LogP contribution in [-0.2, 0) is 6.61 Å². The summed E-state index contributed by atoms with van der Waals surface area (Å²) >= 11 is 5.35. The molecule has 0 aliphatic carbocycles. The molecule has 122 valence electrons. The van der Waals surface area contributed by atoms with Crippen LogP contribution in [0.25, 0.3) is 0 Å². The Bertz CT molecular complexity index is 711. The number of carbonyl (C=O) groups excluding carboxylic acids is 1. The average molecular weight is 341 g/mol. The second-order valence-corrected chi connectivity index (χ2v) is 5.25. The summed E-state index contributed by atoms with van der Waals surface area (Å²) in [6.07, 6.45) is 0. The summed E-state index contributed by atoms with van der Waals surface area (Å²) in [6.45, 7) is 0.390. The van der Waals surface area contributed by atoms with Gasteiger partial charge in [-0.1, -0.05) is 48.5 Å². The summed E-state index contributed by atoms with van der Waals surface area (Å²) in [4.78, 5) is 10.9. The van der Waals surface area contributed by atoms with Crippen LogP contribution in [0.3, 0.4) is 0 Å². The van der Waals surface area contributed by atoms with Gasteiger partial charge in [-0.05, 0) is 53.6 Å². The quantitative estimate of drug-likeness (QED) is 0.677. The molecule has 0 unspecified atom stereocenters. The first kappa shape index (κ1) is 17.6. The van der Waals surface area contributed by atoms with E-state index in [-0.39, 0.29) is 5.75 Å². The van der Waals surface area contributed by atoms with Crippen molar-refractivity contribution in [3.8, 4) is 11.5 Å². The Labute approximate surface area is 146 Å². The molecule has 3 aromatic rings. The summed E-state index contributed by atoms with van der Waals surface area (Å²) in [5, 5.41) is 8.65. The number of phenolic OH excluding ortho intramolecular Hbond substituents is 1. The van der Waals surface area contributed by atoms with Crippen molar-refractivity contribution in [2.24, 2.45) is 0 Å². The fourth-order valence-electron chi connectivity index (χ4n) is 1.83. The number of rotatable bonds is 4. The Balaban J connectivity index is 0.000000292. The monoisotopic (exact) mass is 340 g/mol. The highest BCUT2D eigenvalue weighted by atomic mass is 35.5. The first-order chi connectivity index (χ1) is 11.6. The fourth-order valence-corrected chi connectivity index (χ4v) is 1.95. The van der Waals surface area contributed by atoms with Gasteiger partial charge in [-0.25, -0.2) is 0 Å². The van der Waals surface area contributed by atoms with Crippen LogP contribution >= 0.6 is 11.6 Å². The summed E-state index contributed by atoms with van der Waals surface area (Å²) in [5.74, 6) is 0.873. The third kappa shape index (κ3) is 6.15. The molecule has 0 aromatic heterocycles. The highest BCUT2D eigenvalue weighted by Crippen LogP contribution is 2.17. The molecule has 0 heterocycles. The maximum Gasteiger partial charge on any atom is 0.252 e. The molecule has 3 rings (SSSR count). The maximum atomic E-state index is 10.9. The highest BCUT2D eigenvalue weighted by Gasteiger charge is 2.01. The highest BCUT2D eigenvalue weighted by molar-refractivity contribution is 6.67. The largest absolute Gasteiger partial charge is 0.508 e. The Hall–Kier alpha value is -2.78. The molecule has 24 heavy (non-hydrogen) atoms. The molecule has 3 nitrogen and oxygen atoms in total. The molecule has 4 heteroatoms. The Morgan fingerprint density at radius 2 is 1.33 bits per heavy atom. The van der Waals surface area contributed by atoms with Gasteiger partial charge in [-0.15, -0.1) is 0 Å². The lowest BCUT2D eigenvalue weighted by atomic mass is 10.1. The normalized spacial score (nSPS) is 9.54. The van der Waals surface area contributed by atoms with E-state index >= 15 is 0 Å². The SMILES string of the molecule is O=C(Cl)c1ccc(COc2ccc(O)cc2)cc1.c1ccccc1. The number of phenols is 1. The molecule has 1 N–H and O–H groups in total. The zero-order valence-electron chi connectivity index (χ0n) is 12.9. The lowest BCUT2D eigenvalue weighted by molar-refractivity contribution is 0.108. The van der Waals surface area contributed by atoms with Crippen LogP contribution in [0.2, 0.25) is 0 Å². The number of hydrogen-bond donors (Lipinski definition) is 1. The Morgan fingerprint density at radius 1 is 0.833 bits per heavy atom. The van der Waals surface area contributed by atoms with E-state index in [1.54, 1.807) is 48.5 Å². The van der Waals surface area contributed by atoms with Gasteiger partial charge in [0.05, 0.1) is 0 Å². The van der Waals surface area contributed by atoms with Gasteiger partial charge in [0.2, 0.25) is 0 Å². The minimum absolute atomic E-state index is 0.201. The molecule has 0 bridgehead atoms. The smallest absolute Gasteiger partial charge is 0.252 e. The van der Waals surface area contributed by atoms with E-state index in [9.17, 15) is 4.79 Å². The third-order valence-electron chi connectivity index (χ3n) is 3.09. The molecule has 0 aliphatic rings. The predicted octanol–water partition coefficient (Wildman–Crippen LogP) is 5.04. The van der Waals surface area contributed by atoms with Gasteiger partial charge in [-0.3, -0.25) is 4.79 Å². The van der Waals surface area contributed by atoms with Crippen molar-refractivity contribution in [1.82, 2.24) is 0 Å². The average Bonchev–Trinajstić information content (AvgIpc) is 2.63. The van der Waals surface area contributed by atoms with E-state index in [4.69, 9.17) is 21.4 Å². The predicted molar refractivity (Wildman–Crippen MR) is 95.5 cm³/mol. The second kappa shape index (κ2) is 9.38. The number of hydrogen-bond acceptors (Lipinski definition) is 3. The zero-order chi connectivity index (χ0) is 17.2. The second-order valence-electron chi connectivity index (χ2n) is 4.91. The molecule has 0 fully saturated rings. The summed E-state index contributed by atoms with van der Waals surface area (Å²) in [5.41, 5.74) is 1.40. The molecule has 3 aromatic carbocycles. The fraction of sp³-hybridized carbons (Fsp3) is 0.0500. The van der Waals surface area contributed by atoms with E-state index in [2.05, 4.69) is 0 Å². The summed E-state index contributed by atoms with van der Waals surface area (Å²) < 4.78 is 5.52. The van der Waals surface area contributed by atoms with Gasteiger partial charge in [0.15, 0.2) is 0 Å². The lowest BCUT2D eigenvalue weighted by Gasteiger charge is -2.06. The van der Waals surface area contributed by atoms with Crippen LogP contribution in [0.5, 0.6) is 11.5 Å². The van der Waals surface area contributed by atoms with E-state index in [1.807, 2.05) is 36.4 Å². The molecule has 0 saturated heterocycles. The number of ether oxygens (including phenoxy) is 1. The maximum absolute atomic E-state index is 10.9. The van der Waals surface area contributed by atoms with Crippen molar-refractivity contribution in [1.29, 1.82) is 0 Å². The van der Waals surface area contributed by atoms with Crippen molar-refractivity contribution in [2.45, 2.75) is 6.61 Å². The molecule has 0 atom stereocenters. The summed E-state index contributed by atoms with van der Waals surface area (Å²) in [7, 11) is 0. The molecule has 0 amide bonds. The van der Waals surface area contributed by atoms with Crippen LogP contribution < -0.4 is 4.74 Å². The summed E-state index contributed by atoms with van der Waals surface area (Å²) in [6, 6.07) is 25.4. The van der Waals surface area contributed by atoms with Crippen molar-refractivity contribution < 1.29 is 14.6 Å². The van der Waals surface area contributed by atoms with Gasteiger partial charge in [0, 0.05) is 5.56 Å². The first-order valence-corrected chi connectivity index (χ1v) is 7.73. The van der Waals surface area contributed by atoms with Crippen molar-refractivity contribution in [3.63, 3.8) is 0 Å². The van der Waals surface area contributed by atoms with Gasteiger partial charge in [0.1, 0.15) is 18.1 Å². The van der Waals surface area contributed by atoms with Crippen LogP contribution in [0.15, 0.2) is 84.9 Å². The Morgan fingerprint density at radius 3 is 1.79 bits per heavy atom. The van der Waals surface area contributed by atoms with E-state index in [1.165, 1.54) is 0 Å². The standard InChI is InChI=1S/C14H11ClO3.C6H6/c15-14(17)11-3-1-10(2-4-11)9-18-13-7-5-12(16)6-8-13;1-2-4-6-5-3-1/h1-8,16H,9H2;1-6H. The minimum atomic E-state index is -0.471. The molecule has 0 aliphatic heterocycles. The van der Waals surface area contributed by atoms with Crippen LogP contribution in [0.4, 0.5) is 0 Å².